The predicted molar refractivity (Wildman–Crippen MR) is 114 cm³/mol. The Morgan fingerprint density at radius 1 is 1.04 bits per heavy atom. The quantitative estimate of drug-likeness (QED) is 0.666. The van der Waals surface area contributed by atoms with E-state index in [1.807, 2.05) is 65.1 Å². The molecule has 2 aromatic carbocycles. The summed E-state index contributed by atoms with van der Waals surface area (Å²) in [6.07, 6.45) is 0. The monoisotopic (exact) mass is 402 g/mol. The van der Waals surface area contributed by atoms with Crippen molar-refractivity contribution in [2.24, 2.45) is 0 Å². The molecule has 0 saturated carbocycles. The molecule has 2 rings (SSSR count). The Labute approximate surface area is 172 Å². The second kappa shape index (κ2) is 9.71. The van der Waals surface area contributed by atoms with Crippen LogP contribution in [0.2, 0.25) is 5.02 Å². The Kier molecular flexibility index (Phi) is 7.61. The smallest absolute Gasteiger partial charge is 0.279 e. The number of benzene rings is 2. The zero-order chi connectivity index (χ0) is 20.8. The third-order valence-electron chi connectivity index (χ3n) is 4.62. The molecule has 0 radical (unpaired) electrons. The van der Waals surface area contributed by atoms with Gasteiger partial charge in [-0.25, -0.2) is 0 Å². The van der Waals surface area contributed by atoms with Crippen LogP contribution in [0.3, 0.4) is 0 Å². The van der Waals surface area contributed by atoms with Crippen LogP contribution in [0.25, 0.3) is 0 Å². The van der Waals surface area contributed by atoms with E-state index in [0.717, 1.165) is 27.3 Å². The number of aryl methyl sites for hydroxylation is 3. The summed E-state index contributed by atoms with van der Waals surface area (Å²) < 4.78 is 0. The van der Waals surface area contributed by atoms with Gasteiger partial charge in [0.05, 0.1) is 13.1 Å². The van der Waals surface area contributed by atoms with Gasteiger partial charge in [0.1, 0.15) is 0 Å². The van der Waals surface area contributed by atoms with Gasteiger partial charge in [-0.3, -0.25) is 9.59 Å². The SMILES string of the molecule is Cc1cc(C)c(NC(=O)C[NH+](C)CC(=O)N[C@H](C)c2ccccc2Cl)c(C)c1. The number of hydrogen-bond donors (Lipinski definition) is 3. The van der Waals surface area contributed by atoms with Gasteiger partial charge in [0.2, 0.25) is 0 Å². The average molecular weight is 403 g/mol. The number of carbonyl (C=O) groups is 2. The van der Waals surface area contributed by atoms with E-state index in [1.54, 1.807) is 6.07 Å². The summed E-state index contributed by atoms with van der Waals surface area (Å²) in [6.45, 7) is 8.30. The third kappa shape index (κ3) is 6.08. The summed E-state index contributed by atoms with van der Waals surface area (Å²) in [6, 6.07) is 11.3. The molecule has 2 atom stereocenters. The molecule has 150 valence electrons. The molecule has 0 aliphatic heterocycles. The van der Waals surface area contributed by atoms with Crippen molar-refractivity contribution in [3.63, 3.8) is 0 Å². The summed E-state index contributed by atoms with van der Waals surface area (Å²) in [5.74, 6) is -0.236. The molecule has 0 heterocycles. The van der Waals surface area contributed by atoms with E-state index in [0.29, 0.717) is 5.02 Å². The first-order valence-corrected chi connectivity index (χ1v) is 9.78. The van der Waals surface area contributed by atoms with Crippen LogP contribution in [-0.4, -0.2) is 32.0 Å². The van der Waals surface area contributed by atoms with E-state index in [2.05, 4.69) is 10.6 Å². The maximum atomic E-state index is 12.4. The molecule has 0 saturated heterocycles. The number of amides is 2. The Hall–Kier alpha value is -2.37. The molecule has 0 spiro atoms. The minimum absolute atomic E-state index is 0.112. The molecular weight excluding hydrogens is 374 g/mol. The molecular formula is C22H29ClN3O2+. The predicted octanol–water partition coefficient (Wildman–Crippen LogP) is 2.60. The minimum Gasteiger partial charge on any atom is -0.345 e. The van der Waals surface area contributed by atoms with Gasteiger partial charge in [0, 0.05) is 10.7 Å². The van der Waals surface area contributed by atoms with Crippen LogP contribution >= 0.6 is 11.6 Å². The van der Waals surface area contributed by atoms with Crippen molar-refractivity contribution >= 4 is 29.1 Å². The lowest BCUT2D eigenvalue weighted by molar-refractivity contribution is -0.862. The van der Waals surface area contributed by atoms with E-state index in [-0.39, 0.29) is 30.9 Å². The number of likely N-dealkylation sites (N-methyl/N-ethyl adjacent to an activating group) is 1. The summed E-state index contributed by atoms with van der Waals surface area (Å²) in [5, 5.41) is 6.54. The van der Waals surface area contributed by atoms with E-state index >= 15 is 0 Å². The lowest BCUT2D eigenvalue weighted by atomic mass is 10.1. The zero-order valence-corrected chi connectivity index (χ0v) is 17.9. The van der Waals surface area contributed by atoms with Gasteiger partial charge in [-0.2, -0.15) is 0 Å². The van der Waals surface area contributed by atoms with Crippen LogP contribution in [0.5, 0.6) is 0 Å². The fourth-order valence-corrected chi connectivity index (χ4v) is 3.67. The second-order valence-electron chi connectivity index (χ2n) is 7.44. The van der Waals surface area contributed by atoms with E-state index in [9.17, 15) is 9.59 Å². The van der Waals surface area contributed by atoms with Gasteiger partial charge >= 0.3 is 0 Å². The van der Waals surface area contributed by atoms with E-state index in [1.165, 1.54) is 5.56 Å². The molecule has 1 unspecified atom stereocenters. The summed E-state index contributed by atoms with van der Waals surface area (Å²) >= 11 is 6.18. The van der Waals surface area contributed by atoms with Crippen molar-refractivity contribution in [2.45, 2.75) is 33.7 Å². The second-order valence-corrected chi connectivity index (χ2v) is 7.85. The highest BCUT2D eigenvalue weighted by molar-refractivity contribution is 6.31. The van der Waals surface area contributed by atoms with Gasteiger partial charge in [0.25, 0.3) is 11.8 Å². The fraction of sp³-hybridized carbons (Fsp3) is 0.364. The van der Waals surface area contributed by atoms with Crippen LogP contribution in [-0.2, 0) is 9.59 Å². The zero-order valence-electron chi connectivity index (χ0n) is 17.2. The first-order valence-electron chi connectivity index (χ1n) is 9.40. The molecule has 0 bridgehead atoms. The molecule has 0 aliphatic rings. The van der Waals surface area contributed by atoms with Gasteiger partial charge in [0.15, 0.2) is 13.1 Å². The Morgan fingerprint density at radius 3 is 2.21 bits per heavy atom. The highest BCUT2D eigenvalue weighted by Gasteiger charge is 2.18. The third-order valence-corrected chi connectivity index (χ3v) is 4.96. The number of carbonyl (C=O) groups excluding carboxylic acids is 2. The van der Waals surface area contributed by atoms with Gasteiger partial charge < -0.3 is 15.5 Å². The Balaban J connectivity index is 1.87. The highest BCUT2D eigenvalue weighted by atomic mass is 35.5. The summed E-state index contributed by atoms with van der Waals surface area (Å²) in [7, 11) is 1.83. The maximum absolute atomic E-state index is 12.4. The van der Waals surface area contributed by atoms with Crippen LogP contribution in [0.1, 0.15) is 35.2 Å². The highest BCUT2D eigenvalue weighted by Crippen LogP contribution is 2.22. The minimum atomic E-state index is -0.194. The molecule has 28 heavy (non-hydrogen) atoms. The van der Waals surface area contributed by atoms with Crippen molar-refractivity contribution in [3.05, 3.63) is 63.7 Å². The lowest BCUT2D eigenvalue weighted by Crippen LogP contribution is -3.11. The molecule has 3 N–H and O–H groups in total. The maximum Gasteiger partial charge on any atom is 0.279 e. The first-order chi connectivity index (χ1) is 13.2. The van der Waals surface area contributed by atoms with E-state index < -0.39 is 0 Å². The van der Waals surface area contributed by atoms with Crippen LogP contribution in [0.15, 0.2) is 36.4 Å². The molecule has 0 aromatic heterocycles. The topological polar surface area (TPSA) is 62.6 Å². The van der Waals surface area contributed by atoms with Crippen molar-refractivity contribution in [1.82, 2.24) is 5.32 Å². The van der Waals surface area contributed by atoms with Crippen LogP contribution in [0.4, 0.5) is 5.69 Å². The van der Waals surface area contributed by atoms with Crippen LogP contribution in [0, 0.1) is 20.8 Å². The normalized spacial score (nSPS) is 12.9. The lowest BCUT2D eigenvalue weighted by Gasteiger charge is -2.18. The Bertz CT molecular complexity index is 844. The number of rotatable bonds is 7. The van der Waals surface area contributed by atoms with Gasteiger partial charge in [-0.1, -0.05) is 47.5 Å². The molecule has 2 amide bonds. The number of nitrogens with one attached hydrogen (secondary N) is 3. The van der Waals surface area contributed by atoms with Crippen molar-refractivity contribution in [1.29, 1.82) is 0 Å². The molecule has 0 aliphatic carbocycles. The fourth-order valence-electron chi connectivity index (χ4n) is 3.37. The number of quaternary nitrogens is 1. The Morgan fingerprint density at radius 2 is 1.61 bits per heavy atom. The summed E-state index contributed by atoms with van der Waals surface area (Å²) in [4.78, 5) is 25.5. The number of anilines is 1. The van der Waals surface area contributed by atoms with E-state index in [4.69, 9.17) is 11.6 Å². The standard InChI is InChI=1S/C22H28ClN3O2/c1-14-10-15(2)22(16(3)11-14)25-21(28)13-26(5)12-20(27)24-17(4)18-8-6-7-9-19(18)23/h6-11,17H,12-13H2,1-5H3,(H,24,27)(H,25,28)/p+1/t17-/m1/s1. The molecule has 0 fully saturated rings. The van der Waals surface area contributed by atoms with Crippen molar-refractivity contribution in [3.8, 4) is 0 Å². The molecule has 6 heteroatoms. The molecule has 5 nitrogen and oxygen atoms in total. The molecule has 2 aromatic rings. The van der Waals surface area contributed by atoms with Gasteiger partial charge in [-0.15, -0.1) is 0 Å². The summed E-state index contributed by atoms with van der Waals surface area (Å²) in [5.41, 5.74) is 4.96. The largest absolute Gasteiger partial charge is 0.345 e. The van der Waals surface area contributed by atoms with Crippen molar-refractivity contribution < 1.29 is 14.5 Å². The first kappa shape index (κ1) is 21.9. The number of hydrogen-bond acceptors (Lipinski definition) is 2. The van der Waals surface area contributed by atoms with Crippen molar-refractivity contribution in [2.75, 3.05) is 25.5 Å². The van der Waals surface area contributed by atoms with Crippen LogP contribution < -0.4 is 15.5 Å². The number of halogens is 1. The average Bonchev–Trinajstić information content (AvgIpc) is 2.58. The van der Waals surface area contributed by atoms with Gasteiger partial charge in [-0.05, 0) is 50.5 Å².